The van der Waals surface area contributed by atoms with Gasteiger partial charge in [0.2, 0.25) is 0 Å². The van der Waals surface area contributed by atoms with Gasteiger partial charge in [-0.05, 0) is 43.4 Å². The number of nitrogens with zero attached hydrogens (tertiary/aromatic N) is 1. The number of carbonyl (C=O) groups excluding carboxylic acids is 2. The number of methoxy groups -OCH3 is 1. The number of hydrogen-bond donors (Lipinski definition) is 1. The van der Waals surface area contributed by atoms with Crippen molar-refractivity contribution in [1.29, 1.82) is 0 Å². The van der Waals surface area contributed by atoms with Crippen LogP contribution in [0.15, 0.2) is 46.9 Å². The first-order valence-corrected chi connectivity index (χ1v) is 10.4. The van der Waals surface area contributed by atoms with Crippen LogP contribution in [-0.2, 0) is 19.1 Å². The summed E-state index contributed by atoms with van der Waals surface area (Å²) >= 11 is 0. The fourth-order valence-corrected chi connectivity index (χ4v) is 4.09. The predicted molar refractivity (Wildman–Crippen MR) is 111 cm³/mol. The lowest BCUT2D eigenvalue weighted by molar-refractivity contribution is -0.139. The van der Waals surface area contributed by atoms with Crippen molar-refractivity contribution in [3.63, 3.8) is 0 Å². The largest absolute Gasteiger partial charge is 0.466 e. The number of esters is 2. The van der Waals surface area contributed by atoms with E-state index in [1.54, 1.807) is 19.1 Å². The average Bonchev–Trinajstić information content (AvgIpc) is 3.27. The minimum Gasteiger partial charge on any atom is -0.466 e. The molecule has 2 aliphatic rings. The van der Waals surface area contributed by atoms with Gasteiger partial charge in [-0.15, -0.1) is 0 Å². The van der Waals surface area contributed by atoms with Gasteiger partial charge in [-0.3, -0.25) is 0 Å². The molecule has 1 saturated heterocycles. The molecule has 0 aliphatic carbocycles. The van der Waals surface area contributed by atoms with Crippen molar-refractivity contribution in [1.82, 2.24) is 10.2 Å². The van der Waals surface area contributed by atoms with E-state index in [9.17, 15) is 14.0 Å². The normalized spacial score (nSPS) is 19.3. The molecule has 0 bridgehead atoms. The van der Waals surface area contributed by atoms with Crippen LogP contribution in [0.4, 0.5) is 4.39 Å². The van der Waals surface area contributed by atoms with Gasteiger partial charge in [0.25, 0.3) is 0 Å². The summed E-state index contributed by atoms with van der Waals surface area (Å²) in [5, 5.41) is 3.37. The average molecular weight is 416 g/mol. The molecule has 2 heterocycles. The topological polar surface area (TPSA) is 67.9 Å². The fourth-order valence-electron chi connectivity index (χ4n) is 4.09. The maximum Gasteiger partial charge on any atom is 0.338 e. The van der Waals surface area contributed by atoms with Crippen LogP contribution in [0, 0.1) is 11.7 Å². The van der Waals surface area contributed by atoms with Crippen molar-refractivity contribution in [3.8, 4) is 0 Å². The number of dihydropyridines is 1. The van der Waals surface area contributed by atoms with Crippen LogP contribution < -0.4 is 5.32 Å². The third-order valence-electron chi connectivity index (χ3n) is 5.48. The van der Waals surface area contributed by atoms with E-state index < -0.39 is 17.9 Å². The molecule has 0 radical (unpaired) electrons. The van der Waals surface area contributed by atoms with E-state index in [0.717, 1.165) is 25.9 Å². The Balaban J connectivity index is 2.28. The second kappa shape index (κ2) is 9.32. The van der Waals surface area contributed by atoms with Crippen molar-refractivity contribution in [2.24, 2.45) is 5.92 Å². The summed E-state index contributed by atoms with van der Waals surface area (Å²) in [4.78, 5) is 28.2. The van der Waals surface area contributed by atoms with Crippen molar-refractivity contribution in [2.75, 3.05) is 26.8 Å². The van der Waals surface area contributed by atoms with Gasteiger partial charge in [-0.25, -0.2) is 14.0 Å². The van der Waals surface area contributed by atoms with Crippen LogP contribution in [-0.4, -0.2) is 43.6 Å². The summed E-state index contributed by atoms with van der Waals surface area (Å²) in [5.74, 6) is -1.48. The van der Waals surface area contributed by atoms with E-state index in [2.05, 4.69) is 10.2 Å². The molecule has 0 amide bonds. The van der Waals surface area contributed by atoms with Gasteiger partial charge in [0, 0.05) is 18.8 Å². The molecular formula is C23H29FN2O4. The Morgan fingerprint density at radius 2 is 1.77 bits per heavy atom. The molecule has 0 spiro atoms. The molecule has 0 aromatic heterocycles. The Labute approximate surface area is 176 Å². The highest BCUT2D eigenvalue weighted by Gasteiger charge is 2.42. The number of ether oxygens (including phenoxy) is 2. The van der Waals surface area contributed by atoms with Gasteiger partial charge in [0.15, 0.2) is 0 Å². The zero-order valence-corrected chi connectivity index (χ0v) is 18.0. The highest BCUT2D eigenvalue weighted by molar-refractivity contribution is 6.00. The first-order chi connectivity index (χ1) is 14.4. The van der Waals surface area contributed by atoms with Gasteiger partial charge in [-0.1, -0.05) is 26.0 Å². The van der Waals surface area contributed by atoms with Gasteiger partial charge >= 0.3 is 11.9 Å². The summed E-state index contributed by atoms with van der Waals surface area (Å²) in [6, 6.07) is 5.87. The lowest BCUT2D eigenvalue weighted by atomic mass is 9.79. The van der Waals surface area contributed by atoms with Crippen molar-refractivity contribution in [3.05, 3.63) is 58.3 Å². The zero-order valence-electron chi connectivity index (χ0n) is 18.0. The first-order valence-electron chi connectivity index (χ1n) is 10.4. The van der Waals surface area contributed by atoms with Gasteiger partial charge in [0.05, 0.1) is 30.8 Å². The summed E-state index contributed by atoms with van der Waals surface area (Å²) < 4.78 is 24.1. The molecule has 0 saturated carbocycles. The van der Waals surface area contributed by atoms with Crippen LogP contribution in [0.2, 0.25) is 0 Å². The minimum atomic E-state index is -0.716. The Morgan fingerprint density at radius 3 is 2.30 bits per heavy atom. The van der Waals surface area contributed by atoms with Crippen molar-refractivity contribution < 1.29 is 23.5 Å². The second-order valence-electron chi connectivity index (χ2n) is 7.76. The van der Waals surface area contributed by atoms with Crippen LogP contribution in [0.25, 0.3) is 0 Å². The first kappa shape index (κ1) is 21.9. The van der Waals surface area contributed by atoms with E-state index in [0.29, 0.717) is 28.2 Å². The smallest absolute Gasteiger partial charge is 0.338 e. The van der Waals surface area contributed by atoms with Crippen LogP contribution in [0.1, 0.15) is 45.1 Å². The summed E-state index contributed by atoms with van der Waals surface area (Å²) in [6.07, 6.45) is 2.04. The van der Waals surface area contributed by atoms with Crippen LogP contribution in [0.3, 0.4) is 0 Å². The second-order valence-corrected chi connectivity index (χ2v) is 7.76. The molecule has 1 unspecified atom stereocenters. The molecule has 1 fully saturated rings. The Hall–Kier alpha value is -2.83. The molecule has 162 valence electrons. The predicted octanol–water partition coefficient (Wildman–Crippen LogP) is 3.47. The lowest BCUT2D eigenvalue weighted by Gasteiger charge is -2.37. The molecule has 6 nitrogen and oxygen atoms in total. The number of carbonyl (C=O) groups is 2. The molecule has 1 atom stereocenters. The molecular weight excluding hydrogens is 387 g/mol. The molecule has 1 aromatic rings. The fraction of sp³-hybridized carbons (Fsp3) is 0.478. The van der Waals surface area contributed by atoms with Gasteiger partial charge in [0.1, 0.15) is 11.6 Å². The highest BCUT2D eigenvalue weighted by atomic mass is 19.1. The number of nitrogens with one attached hydrogen (secondary N) is 1. The Kier molecular flexibility index (Phi) is 6.80. The number of halogens is 1. The number of benzene rings is 1. The number of hydrogen-bond acceptors (Lipinski definition) is 6. The lowest BCUT2D eigenvalue weighted by Crippen LogP contribution is -2.41. The summed E-state index contributed by atoms with van der Waals surface area (Å²) in [6.45, 7) is 7.52. The van der Waals surface area contributed by atoms with Gasteiger partial charge < -0.3 is 19.7 Å². The van der Waals surface area contributed by atoms with E-state index in [1.165, 1.54) is 19.2 Å². The Morgan fingerprint density at radius 1 is 1.13 bits per heavy atom. The van der Waals surface area contributed by atoms with Crippen molar-refractivity contribution in [2.45, 2.75) is 39.5 Å². The zero-order chi connectivity index (χ0) is 21.8. The maximum absolute atomic E-state index is 13.7. The molecule has 1 aromatic carbocycles. The van der Waals surface area contributed by atoms with Crippen molar-refractivity contribution >= 4 is 11.9 Å². The molecule has 1 N–H and O–H groups in total. The molecule has 7 heteroatoms. The Bertz CT molecular complexity index is 868. The quantitative estimate of drug-likeness (QED) is 0.717. The number of rotatable bonds is 6. The van der Waals surface area contributed by atoms with E-state index in [-0.39, 0.29) is 18.3 Å². The highest BCUT2D eigenvalue weighted by Crippen LogP contribution is 2.42. The SMILES string of the molecule is CCOC(=O)C1=C(N2CCCC2)NC(C(C)C)=C(C(=O)OC)C1c1ccc(F)cc1. The third kappa shape index (κ3) is 4.20. The molecule has 3 rings (SSSR count). The van der Waals surface area contributed by atoms with Crippen LogP contribution >= 0.6 is 0 Å². The third-order valence-corrected chi connectivity index (χ3v) is 5.48. The van der Waals surface area contributed by atoms with Gasteiger partial charge in [-0.2, -0.15) is 0 Å². The number of likely N-dealkylation sites (tertiary alicyclic amines) is 1. The molecule has 2 aliphatic heterocycles. The number of allylic oxidation sites excluding steroid dienone is 1. The molecule has 30 heavy (non-hydrogen) atoms. The minimum absolute atomic E-state index is 0.0246. The van der Waals surface area contributed by atoms with E-state index in [4.69, 9.17) is 9.47 Å². The van der Waals surface area contributed by atoms with E-state index >= 15 is 0 Å². The maximum atomic E-state index is 13.7. The summed E-state index contributed by atoms with van der Waals surface area (Å²) in [7, 11) is 1.32. The van der Waals surface area contributed by atoms with Crippen LogP contribution in [0.5, 0.6) is 0 Å². The summed E-state index contributed by atoms with van der Waals surface area (Å²) in [5.41, 5.74) is 2.04. The van der Waals surface area contributed by atoms with E-state index in [1.807, 2.05) is 13.8 Å². The monoisotopic (exact) mass is 416 g/mol. The standard InChI is InChI=1S/C23H29FN2O4/c1-5-30-23(28)19-17(15-8-10-16(24)11-9-15)18(22(27)29-4)20(14(2)3)25-21(19)26-12-6-7-13-26/h8-11,14,17,25H,5-7,12-13H2,1-4H3.